The van der Waals surface area contributed by atoms with Crippen LogP contribution in [0.4, 0.5) is 0 Å². The number of rotatable bonds is 9. The lowest BCUT2D eigenvalue weighted by Gasteiger charge is -2.39. The van der Waals surface area contributed by atoms with Crippen molar-refractivity contribution in [3.05, 3.63) is 24.2 Å². The van der Waals surface area contributed by atoms with E-state index in [1.165, 1.54) is 0 Å². The normalized spacial score (nSPS) is 20.5. The fourth-order valence-electron chi connectivity index (χ4n) is 2.84. The van der Waals surface area contributed by atoms with E-state index in [4.69, 9.17) is 13.5 Å². The maximum atomic E-state index is 13.3. The van der Waals surface area contributed by atoms with E-state index in [1.807, 2.05) is 31.9 Å². The molecule has 0 amide bonds. The van der Waals surface area contributed by atoms with Gasteiger partial charge in [-0.05, 0) is 45.5 Å². The van der Waals surface area contributed by atoms with Gasteiger partial charge in [-0.1, -0.05) is 20.3 Å². The molecule has 0 bridgehead atoms. The van der Waals surface area contributed by atoms with Gasteiger partial charge in [-0.15, -0.1) is 0 Å². The van der Waals surface area contributed by atoms with Gasteiger partial charge in [0.05, 0.1) is 19.5 Å². The van der Waals surface area contributed by atoms with Gasteiger partial charge in [0.15, 0.2) is 5.78 Å². The quantitative estimate of drug-likeness (QED) is 0.466. The molecule has 25 heavy (non-hydrogen) atoms. The maximum Gasteiger partial charge on any atom is 0.355 e. The van der Waals surface area contributed by atoms with Crippen LogP contribution in [0.3, 0.4) is 0 Å². The molecule has 0 N–H and O–H groups in total. The summed E-state index contributed by atoms with van der Waals surface area (Å²) in [4.78, 5) is 13.0. The first-order valence-corrected chi connectivity index (χ1v) is 10.5. The second-order valence-corrected chi connectivity index (χ2v) is 9.72. The minimum absolute atomic E-state index is 0.146. The standard InChI is InChI=1S/C18H30NO5P/c1-15(20)9-6-5-7-11-19(4)17(16-10-8-12-22-16)25(21)23-13-18(2,3)14-24-25/h8,10,12,17H,5-7,9,11,13-14H2,1-4H3. The molecule has 0 radical (unpaired) electrons. The zero-order valence-corrected chi connectivity index (χ0v) is 16.6. The smallest absolute Gasteiger partial charge is 0.355 e. The minimum Gasteiger partial charge on any atom is -0.467 e. The Morgan fingerprint density at radius 1 is 1.28 bits per heavy atom. The number of hydrogen-bond acceptors (Lipinski definition) is 6. The van der Waals surface area contributed by atoms with Crippen molar-refractivity contribution in [1.29, 1.82) is 0 Å². The summed E-state index contributed by atoms with van der Waals surface area (Å²) in [5, 5.41) is 0. The Bertz CT molecular complexity index is 585. The Labute approximate surface area is 150 Å². The van der Waals surface area contributed by atoms with Gasteiger partial charge in [-0.2, -0.15) is 0 Å². The fourth-order valence-corrected chi connectivity index (χ4v) is 5.31. The maximum absolute atomic E-state index is 13.3. The van der Waals surface area contributed by atoms with Crippen molar-refractivity contribution >= 4 is 13.4 Å². The van der Waals surface area contributed by atoms with E-state index >= 15 is 0 Å². The summed E-state index contributed by atoms with van der Waals surface area (Å²) in [6.45, 7) is 7.18. The molecule has 1 atom stereocenters. The van der Waals surface area contributed by atoms with Gasteiger partial charge >= 0.3 is 7.60 Å². The monoisotopic (exact) mass is 371 g/mol. The highest BCUT2D eigenvalue weighted by Crippen LogP contribution is 2.65. The highest BCUT2D eigenvalue weighted by atomic mass is 31.2. The van der Waals surface area contributed by atoms with Crippen LogP contribution in [-0.4, -0.2) is 37.5 Å². The zero-order chi connectivity index (χ0) is 18.5. The van der Waals surface area contributed by atoms with Crippen molar-refractivity contribution in [2.45, 2.75) is 52.2 Å². The molecule has 2 rings (SSSR count). The molecular formula is C18H30NO5P. The number of hydrogen-bond donors (Lipinski definition) is 0. The molecule has 0 spiro atoms. The first-order valence-electron chi connectivity index (χ1n) is 8.85. The summed E-state index contributed by atoms with van der Waals surface area (Å²) in [6, 6.07) is 3.59. The van der Waals surface area contributed by atoms with E-state index in [0.29, 0.717) is 25.4 Å². The highest BCUT2D eigenvalue weighted by molar-refractivity contribution is 7.54. The van der Waals surface area contributed by atoms with Gasteiger partial charge in [-0.25, -0.2) is 0 Å². The molecule has 1 aromatic heterocycles. The summed E-state index contributed by atoms with van der Waals surface area (Å²) in [7, 11) is -1.43. The molecule has 142 valence electrons. The van der Waals surface area contributed by atoms with Gasteiger partial charge in [-0.3, -0.25) is 9.46 Å². The van der Waals surface area contributed by atoms with Crippen LogP contribution < -0.4 is 0 Å². The Balaban J connectivity index is 2.01. The molecule has 0 aliphatic carbocycles. The Kier molecular flexibility index (Phi) is 7.03. The number of nitrogens with zero attached hydrogens (tertiary/aromatic N) is 1. The number of carbonyl (C=O) groups is 1. The number of carbonyl (C=O) groups excluding carboxylic acids is 1. The number of furan rings is 1. The molecule has 1 aliphatic heterocycles. The first-order chi connectivity index (χ1) is 11.7. The summed E-state index contributed by atoms with van der Waals surface area (Å²) >= 11 is 0. The molecule has 1 aliphatic rings. The van der Waals surface area contributed by atoms with Crippen molar-refractivity contribution in [3.8, 4) is 0 Å². The molecule has 0 saturated carbocycles. The Hall–Kier alpha value is -0.940. The summed E-state index contributed by atoms with van der Waals surface area (Å²) in [6.07, 6.45) is 4.93. The van der Waals surface area contributed by atoms with Gasteiger partial charge in [0, 0.05) is 11.8 Å². The second kappa shape index (κ2) is 8.63. The molecular weight excluding hydrogens is 341 g/mol. The van der Waals surface area contributed by atoms with E-state index in [9.17, 15) is 9.36 Å². The third-order valence-corrected chi connectivity index (χ3v) is 6.55. The lowest BCUT2D eigenvalue weighted by Crippen LogP contribution is -2.34. The first kappa shape index (κ1) is 20.4. The van der Waals surface area contributed by atoms with Crippen LogP contribution in [0.1, 0.15) is 58.0 Å². The molecule has 6 nitrogen and oxygen atoms in total. The fraction of sp³-hybridized carbons (Fsp3) is 0.722. The molecule has 1 aromatic rings. The van der Waals surface area contributed by atoms with E-state index in [0.717, 1.165) is 25.8 Å². The second-order valence-electron chi connectivity index (χ2n) is 7.63. The van der Waals surface area contributed by atoms with Crippen LogP contribution in [0, 0.1) is 5.41 Å². The molecule has 7 heteroatoms. The van der Waals surface area contributed by atoms with E-state index in [-0.39, 0.29) is 11.2 Å². The lowest BCUT2D eigenvalue weighted by atomic mass is 9.97. The number of ketones is 1. The predicted octanol–water partition coefficient (Wildman–Crippen LogP) is 4.63. The minimum atomic E-state index is -3.34. The van der Waals surface area contributed by atoms with Crippen molar-refractivity contribution in [3.63, 3.8) is 0 Å². The number of Topliss-reactive ketones (excluding diaryl/α,β-unsaturated/α-hetero) is 1. The topological polar surface area (TPSA) is 69.0 Å². The molecule has 1 fully saturated rings. The third kappa shape index (κ3) is 5.78. The predicted molar refractivity (Wildman–Crippen MR) is 96.5 cm³/mol. The molecule has 0 aromatic carbocycles. The SMILES string of the molecule is CC(=O)CCCCCN(C)C(c1ccco1)P1(=O)OCC(C)(C)CO1. The number of unbranched alkanes of at least 4 members (excludes halogenated alkanes) is 2. The van der Waals surface area contributed by atoms with E-state index in [2.05, 4.69) is 0 Å². The summed E-state index contributed by atoms with van der Waals surface area (Å²) < 4.78 is 30.3. The van der Waals surface area contributed by atoms with Crippen LogP contribution in [-0.2, 0) is 18.4 Å². The molecule has 1 saturated heterocycles. The van der Waals surface area contributed by atoms with Crippen LogP contribution >= 0.6 is 7.60 Å². The Morgan fingerprint density at radius 3 is 2.52 bits per heavy atom. The zero-order valence-electron chi connectivity index (χ0n) is 15.7. The van der Waals surface area contributed by atoms with Crippen LogP contribution in [0.15, 0.2) is 22.8 Å². The van der Waals surface area contributed by atoms with Crippen molar-refractivity contribution < 1.29 is 22.8 Å². The Morgan fingerprint density at radius 2 is 1.96 bits per heavy atom. The third-order valence-electron chi connectivity index (χ3n) is 4.32. The van der Waals surface area contributed by atoms with Gasteiger partial charge in [0.1, 0.15) is 11.5 Å². The van der Waals surface area contributed by atoms with Crippen molar-refractivity contribution in [1.82, 2.24) is 4.90 Å². The van der Waals surface area contributed by atoms with Gasteiger partial charge < -0.3 is 18.3 Å². The van der Waals surface area contributed by atoms with Crippen LogP contribution in [0.5, 0.6) is 0 Å². The lowest BCUT2D eigenvalue weighted by molar-refractivity contribution is -0.117. The van der Waals surface area contributed by atoms with Crippen molar-refractivity contribution in [2.75, 3.05) is 26.8 Å². The van der Waals surface area contributed by atoms with Gasteiger partial charge in [0.2, 0.25) is 0 Å². The summed E-state index contributed by atoms with van der Waals surface area (Å²) in [5.74, 6) is 0.263. The molecule has 1 unspecified atom stereocenters. The van der Waals surface area contributed by atoms with E-state index < -0.39 is 13.4 Å². The largest absolute Gasteiger partial charge is 0.467 e. The van der Waals surface area contributed by atoms with Crippen molar-refractivity contribution in [2.24, 2.45) is 5.41 Å². The van der Waals surface area contributed by atoms with Gasteiger partial charge in [0.25, 0.3) is 0 Å². The highest BCUT2D eigenvalue weighted by Gasteiger charge is 2.46. The molecule has 2 heterocycles. The van der Waals surface area contributed by atoms with E-state index in [1.54, 1.807) is 19.3 Å². The van der Waals surface area contributed by atoms with Crippen LogP contribution in [0.25, 0.3) is 0 Å². The van der Waals surface area contributed by atoms with Crippen LogP contribution in [0.2, 0.25) is 0 Å². The summed E-state index contributed by atoms with van der Waals surface area (Å²) in [5.41, 5.74) is -0.146. The average Bonchev–Trinajstić information content (AvgIpc) is 3.04. The average molecular weight is 371 g/mol.